The van der Waals surface area contributed by atoms with Gasteiger partial charge in [0.25, 0.3) is 0 Å². The van der Waals surface area contributed by atoms with Crippen LogP contribution < -0.4 is 5.32 Å². The van der Waals surface area contributed by atoms with Crippen LogP contribution in [-0.2, 0) is 16.9 Å². The van der Waals surface area contributed by atoms with E-state index in [1.54, 1.807) is 0 Å². The normalized spacial score (nSPS) is 30.2. The molecule has 1 amide bonds. The summed E-state index contributed by atoms with van der Waals surface area (Å²) < 4.78 is 1.90. The summed E-state index contributed by atoms with van der Waals surface area (Å²) in [6, 6.07) is 10.1. The molecule has 2 aromatic rings. The minimum absolute atomic E-state index is 0.0458. The minimum Gasteiger partial charge on any atom is -0.383 e. The van der Waals surface area contributed by atoms with Gasteiger partial charge in [0.2, 0.25) is 5.91 Å². The number of anilines is 1. The van der Waals surface area contributed by atoms with E-state index in [1.165, 1.54) is 6.42 Å². The second-order valence-electron chi connectivity index (χ2n) is 9.31. The van der Waals surface area contributed by atoms with Gasteiger partial charge < -0.3 is 10.4 Å². The van der Waals surface area contributed by atoms with Crippen LogP contribution in [0.5, 0.6) is 0 Å². The first-order valence-electron chi connectivity index (χ1n) is 11.3. The van der Waals surface area contributed by atoms with Crippen LogP contribution in [0.2, 0.25) is 0 Å². The topological polar surface area (TPSA) is 83.3 Å². The lowest BCUT2D eigenvalue weighted by molar-refractivity contribution is -0.127. The van der Waals surface area contributed by atoms with Crippen LogP contribution in [-0.4, -0.2) is 50.0 Å². The summed E-state index contributed by atoms with van der Waals surface area (Å²) in [5.41, 5.74) is 0.785. The molecule has 2 N–H and O–H groups in total. The lowest BCUT2D eigenvalue weighted by Gasteiger charge is -2.49. The molecule has 1 aliphatic carbocycles. The summed E-state index contributed by atoms with van der Waals surface area (Å²) in [5.74, 6) is 0.593. The maximum Gasteiger partial charge on any atom is 0.229 e. The Labute approximate surface area is 177 Å². The monoisotopic (exact) mass is 409 g/mol. The number of nitrogens with one attached hydrogen (secondary N) is 1. The zero-order valence-corrected chi connectivity index (χ0v) is 17.4. The number of aliphatic hydroxyl groups is 1. The fraction of sp³-hybridized carbons (Fsp3) is 0.609. The second kappa shape index (κ2) is 8.12. The van der Waals surface area contributed by atoms with Crippen molar-refractivity contribution in [2.45, 2.75) is 63.1 Å². The van der Waals surface area contributed by atoms with Crippen molar-refractivity contribution in [1.29, 1.82) is 0 Å². The number of hydrogen-bond acceptors (Lipinski definition) is 5. The maximum atomic E-state index is 12.8. The zero-order valence-electron chi connectivity index (χ0n) is 17.4. The second-order valence-corrected chi connectivity index (χ2v) is 9.31. The van der Waals surface area contributed by atoms with Gasteiger partial charge in [-0.05, 0) is 50.3 Å². The molecule has 7 heteroatoms. The third kappa shape index (κ3) is 3.88. The molecular formula is C23H31N5O2. The summed E-state index contributed by atoms with van der Waals surface area (Å²) in [5, 5.41) is 22.6. The van der Waals surface area contributed by atoms with Gasteiger partial charge in [-0.1, -0.05) is 42.7 Å². The molecule has 4 atom stereocenters. The first-order chi connectivity index (χ1) is 14.6. The third-order valence-corrected chi connectivity index (χ3v) is 7.35. The largest absolute Gasteiger partial charge is 0.383 e. The molecule has 3 aliphatic heterocycles. The molecule has 3 saturated heterocycles. The van der Waals surface area contributed by atoms with E-state index in [9.17, 15) is 9.90 Å². The Hall–Kier alpha value is -2.25. The molecule has 4 heterocycles. The van der Waals surface area contributed by atoms with Crippen molar-refractivity contribution in [2.75, 3.05) is 18.4 Å². The number of amides is 1. The first kappa shape index (κ1) is 19.7. The number of carbonyl (C=O) groups excluding carboxylic acids is 1. The Kier molecular flexibility index (Phi) is 5.33. The van der Waals surface area contributed by atoms with E-state index in [4.69, 9.17) is 0 Å². The van der Waals surface area contributed by atoms with Gasteiger partial charge in [0.05, 0.1) is 18.7 Å². The lowest BCUT2D eigenvalue weighted by atomic mass is 9.75. The van der Waals surface area contributed by atoms with Crippen molar-refractivity contribution >= 4 is 11.6 Å². The average molecular weight is 410 g/mol. The number of carbonyl (C=O) groups is 1. The first-order valence-corrected chi connectivity index (χ1v) is 11.3. The molecule has 1 aromatic carbocycles. The average Bonchev–Trinajstić information content (AvgIpc) is 3.25. The number of hydrogen-bond donors (Lipinski definition) is 2. The Morgan fingerprint density at radius 3 is 2.73 bits per heavy atom. The van der Waals surface area contributed by atoms with Gasteiger partial charge in [-0.25, -0.2) is 0 Å². The molecule has 7 nitrogen and oxygen atoms in total. The number of aromatic nitrogens is 3. The molecule has 0 radical (unpaired) electrons. The summed E-state index contributed by atoms with van der Waals surface area (Å²) in [7, 11) is 0. The number of benzene rings is 1. The molecule has 160 valence electrons. The summed E-state index contributed by atoms with van der Waals surface area (Å²) in [4.78, 5) is 15.3. The van der Waals surface area contributed by atoms with Gasteiger partial charge >= 0.3 is 0 Å². The van der Waals surface area contributed by atoms with E-state index < -0.39 is 5.60 Å². The Morgan fingerprint density at radius 1 is 1.20 bits per heavy atom. The fourth-order valence-electron chi connectivity index (χ4n) is 5.59. The van der Waals surface area contributed by atoms with Gasteiger partial charge in [-0.2, -0.15) is 0 Å². The Morgan fingerprint density at radius 2 is 2.00 bits per heavy atom. The molecule has 4 fully saturated rings. The highest BCUT2D eigenvalue weighted by atomic mass is 16.3. The minimum atomic E-state index is -0.803. The van der Waals surface area contributed by atoms with Crippen LogP contribution in [0.3, 0.4) is 0 Å². The summed E-state index contributed by atoms with van der Waals surface area (Å²) >= 11 is 0. The van der Waals surface area contributed by atoms with Crippen molar-refractivity contribution < 1.29 is 9.90 Å². The standard InChI is InChI=1S/C23H31N5O2/c29-22(24-18-7-3-1-4-8-18)20-15-27-12-9-17(20)13-19(27)14-28-16-21(25-26-28)23(30)10-5-2-6-11-23/h1,3-4,7-8,16-17,19-20,30H,2,5-6,9-15H2,(H,24,29)/t17-,19-,20-/m1/s1. The van der Waals surface area contributed by atoms with Crippen LogP contribution in [0.15, 0.2) is 36.5 Å². The molecule has 2 bridgehead atoms. The number of nitrogens with zero attached hydrogens (tertiary/aromatic N) is 4. The molecular weight excluding hydrogens is 378 g/mol. The number of rotatable bonds is 5. The van der Waals surface area contributed by atoms with E-state index in [0.717, 1.165) is 69.5 Å². The van der Waals surface area contributed by atoms with Gasteiger partial charge in [0, 0.05) is 18.3 Å². The van der Waals surface area contributed by atoms with Gasteiger partial charge in [0.15, 0.2) is 0 Å². The lowest BCUT2D eigenvalue weighted by Crippen LogP contribution is -2.57. The van der Waals surface area contributed by atoms with Gasteiger partial charge in [-0.3, -0.25) is 14.4 Å². The van der Waals surface area contributed by atoms with Crippen LogP contribution in [0.25, 0.3) is 0 Å². The van der Waals surface area contributed by atoms with Gasteiger partial charge in [0.1, 0.15) is 11.3 Å². The molecule has 1 aromatic heterocycles. The number of para-hydroxylation sites is 1. The summed E-state index contributed by atoms with van der Waals surface area (Å²) in [6.45, 7) is 2.61. The summed E-state index contributed by atoms with van der Waals surface area (Å²) in [6.07, 6.45) is 8.87. The predicted octanol–water partition coefficient (Wildman–Crippen LogP) is 2.78. The van der Waals surface area contributed by atoms with E-state index in [2.05, 4.69) is 20.5 Å². The van der Waals surface area contributed by atoms with E-state index in [-0.39, 0.29) is 11.8 Å². The SMILES string of the molecule is O=C(Nc1ccccc1)[C@@H]1CN2CC[C@@H]1C[C@@H]2Cn1cc(C2(O)CCCCC2)nn1. The van der Waals surface area contributed by atoms with E-state index in [0.29, 0.717) is 12.0 Å². The predicted molar refractivity (Wildman–Crippen MR) is 114 cm³/mol. The zero-order chi connectivity index (χ0) is 20.6. The maximum absolute atomic E-state index is 12.8. The molecule has 6 rings (SSSR count). The van der Waals surface area contributed by atoms with Crippen LogP contribution in [0, 0.1) is 11.8 Å². The van der Waals surface area contributed by atoms with Crippen LogP contribution in [0.1, 0.15) is 50.6 Å². The van der Waals surface area contributed by atoms with Crippen molar-refractivity contribution in [2.24, 2.45) is 11.8 Å². The molecule has 1 unspecified atom stereocenters. The van der Waals surface area contributed by atoms with Crippen molar-refractivity contribution in [3.63, 3.8) is 0 Å². The molecule has 1 saturated carbocycles. The smallest absolute Gasteiger partial charge is 0.229 e. The molecule has 0 spiro atoms. The molecule has 4 aliphatic rings. The number of piperidine rings is 3. The molecule has 30 heavy (non-hydrogen) atoms. The van der Waals surface area contributed by atoms with Crippen molar-refractivity contribution in [3.8, 4) is 0 Å². The van der Waals surface area contributed by atoms with Gasteiger partial charge in [-0.15, -0.1) is 5.10 Å². The van der Waals surface area contributed by atoms with E-state index >= 15 is 0 Å². The fourth-order valence-corrected chi connectivity index (χ4v) is 5.59. The quantitative estimate of drug-likeness (QED) is 0.793. The van der Waals surface area contributed by atoms with Crippen molar-refractivity contribution in [1.82, 2.24) is 19.9 Å². The van der Waals surface area contributed by atoms with Crippen LogP contribution in [0.4, 0.5) is 5.69 Å². The highest BCUT2D eigenvalue weighted by Gasteiger charge is 2.43. The van der Waals surface area contributed by atoms with Crippen molar-refractivity contribution in [3.05, 3.63) is 42.2 Å². The highest BCUT2D eigenvalue weighted by Crippen LogP contribution is 2.38. The highest BCUT2D eigenvalue weighted by molar-refractivity contribution is 5.93. The van der Waals surface area contributed by atoms with E-state index in [1.807, 2.05) is 41.2 Å². The third-order valence-electron chi connectivity index (χ3n) is 7.35. The Bertz CT molecular complexity index is 877. The Balaban J connectivity index is 1.21. The number of fused-ring (bicyclic) bond motifs is 3. The van der Waals surface area contributed by atoms with Crippen LogP contribution >= 0.6 is 0 Å².